The SMILES string of the molecule is C=C(C)[C@@H]1CCC(C)=C[C@H]1c1c(O)cc(CCCCC)cc1OC(=NC)NCCCOS(C)(=O)=O. The Hall–Kier alpha value is -2.32. The highest BCUT2D eigenvalue weighted by atomic mass is 32.2. The molecule has 7 nitrogen and oxygen atoms in total. The number of rotatable bonds is 12. The highest BCUT2D eigenvalue weighted by Gasteiger charge is 2.31. The van der Waals surface area contributed by atoms with Gasteiger partial charge in [-0.1, -0.05) is 43.6 Å². The molecule has 0 radical (unpaired) electrons. The lowest BCUT2D eigenvalue weighted by molar-refractivity contribution is 0.315. The summed E-state index contributed by atoms with van der Waals surface area (Å²) in [5.41, 5.74) is 4.15. The van der Waals surface area contributed by atoms with Crippen molar-refractivity contribution in [3.05, 3.63) is 47.1 Å². The number of aryl methyl sites for hydroxylation is 1. The van der Waals surface area contributed by atoms with E-state index in [1.165, 1.54) is 5.57 Å². The zero-order valence-corrected chi connectivity index (χ0v) is 22.7. The van der Waals surface area contributed by atoms with Crippen LogP contribution >= 0.6 is 0 Å². The zero-order valence-electron chi connectivity index (χ0n) is 21.9. The second-order valence-corrected chi connectivity index (χ2v) is 11.1. The van der Waals surface area contributed by atoms with E-state index in [-0.39, 0.29) is 24.2 Å². The van der Waals surface area contributed by atoms with E-state index in [2.05, 4.69) is 36.8 Å². The van der Waals surface area contributed by atoms with Gasteiger partial charge in [-0.05, 0) is 69.6 Å². The number of unbranched alkanes of at least 4 members (excludes halogenated alkanes) is 2. The summed E-state index contributed by atoms with van der Waals surface area (Å²) in [6.07, 6.45) is 9.86. The number of allylic oxidation sites excluding steroid dienone is 3. The Kier molecular flexibility index (Phi) is 11.3. The average Bonchev–Trinajstić information content (AvgIpc) is 2.77. The number of hydrogen-bond donors (Lipinski definition) is 2. The van der Waals surface area contributed by atoms with Crippen LogP contribution in [0.3, 0.4) is 0 Å². The third kappa shape index (κ3) is 9.33. The Balaban J connectivity index is 2.33. The van der Waals surface area contributed by atoms with Crippen LogP contribution in [0.15, 0.2) is 40.9 Å². The van der Waals surface area contributed by atoms with Gasteiger partial charge in [0, 0.05) is 25.1 Å². The first-order valence-corrected chi connectivity index (χ1v) is 14.3. The van der Waals surface area contributed by atoms with E-state index in [0.29, 0.717) is 24.7 Å². The van der Waals surface area contributed by atoms with Gasteiger partial charge in [0.2, 0.25) is 0 Å². The fraction of sp³-hybridized carbons (Fsp3) is 0.593. The van der Waals surface area contributed by atoms with Gasteiger partial charge in [-0.2, -0.15) is 8.42 Å². The summed E-state index contributed by atoms with van der Waals surface area (Å²) in [6.45, 7) is 11.1. The number of aromatic hydroxyl groups is 1. The van der Waals surface area contributed by atoms with Crippen molar-refractivity contribution in [2.75, 3.05) is 26.5 Å². The maximum absolute atomic E-state index is 11.2. The lowest BCUT2D eigenvalue weighted by atomic mass is 9.73. The van der Waals surface area contributed by atoms with E-state index in [1.807, 2.05) is 19.1 Å². The minimum Gasteiger partial charge on any atom is -0.507 e. The van der Waals surface area contributed by atoms with Gasteiger partial charge in [0.05, 0.1) is 12.9 Å². The van der Waals surface area contributed by atoms with Crippen molar-refractivity contribution in [2.45, 2.75) is 71.6 Å². The minimum atomic E-state index is -3.46. The molecule has 2 N–H and O–H groups in total. The Morgan fingerprint density at radius 2 is 2.03 bits per heavy atom. The Morgan fingerprint density at radius 3 is 2.66 bits per heavy atom. The molecule has 1 aliphatic carbocycles. The van der Waals surface area contributed by atoms with Crippen LogP contribution in [0.2, 0.25) is 0 Å². The second kappa shape index (κ2) is 13.7. The summed E-state index contributed by atoms with van der Waals surface area (Å²) >= 11 is 0. The number of amidine groups is 1. The largest absolute Gasteiger partial charge is 0.507 e. The van der Waals surface area contributed by atoms with Crippen LogP contribution in [0, 0.1) is 5.92 Å². The van der Waals surface area contributed by atoms with Crippen molar-refractivity contribution in [3.63, 3.8) is 0 Å². The van der Waals surface area contributed by atoms with Crippen LogP contribution in [0.25, 0.3) is 0 Å². The van der Waals surface area contributed by atoms with Crippen molar-refractivity contribution in [3.8, 4) is 11.5 Å². The van der Waals surface area contributed by atoms with Gasteiger partial charge in [0.25, 0.3) is 16.1 Å². The van der Waals surface area contributed by atoms with E-state index in [1.54, 1.807) is 7.05 Å². The van der Waals surface area contributed by atoms with E-state index in [4.69, 9.17) is 8.92 Å². The number of ether oxygens (including phenoxy) is 1. The molecule has 2 atom stereocenters. The van der Waals surface area contributed by atoms with E-state index in [0.717, 1.165) is 61.5 Å². The quantitative estimate of drug-likeness (QED) is 0.128. The molecule has 0 amide bonds. The molecule has 0 fully saturated rings. The fourth-order valence-electron chi connectivity index (χ4n) is 4.46. The molecule has 2 rings (SSSR count). The molecule has 1 aromatic rings. The van der Waals surface area contributed by atoms with Gasteiger partial charge in [-0.25, -0.2) is 4.99 Å². The molecule has 35 heavy (non-hydrogen) atoms. The van der Waals surface area contributed by atoms with Gasteiger partial charge >= 0.3 is 0 Å². The third-order valence-electron chi connectivity index (χ3n) is 6.27. The van der Waals surface area contributed by atoms with Crippen LogP contribution < -0.4 is 10.1 Å². The van der Waals surface area contributed by atoms with Gasteiger partial charge in [-0.15, -0.1) is 0 Å². The minimum absolute atomic E-state index is 0.0396. The number of benzene rings is 1. The Morgan fingerprint density at radius 1 is 1.29 bits per heavy atom. The molecule has 0 saturated carbocycles. The Bertz CT molecular complexity index is 1030. The number of hydrogen-bond acceptors (Lipinski definition) is 6. The maximum Gasteiger partial charge on any atom is 0.289 e. The van der Waals surface area contributed by atoms with E-state index in [9.17, 15) is 13.5 Å². The predicted octanol–water partition coefficient (Wildman–Crippen LogP) is 5.46. The zero-order chi connectivity index (χ0) is 26.0. The van der Waals surface area contributed by atoms with Gasteiger partial charge in [-0.3, -0.25) is 4.18 Å². The second-order valence-electron chi connectivity index (χ2n) is 9.45. The number of aliphatic imine (C=N–C) groups is 1. The van der Waals surface area contributed by atoms with Gasteiger partial charge in [0.15, 0.2) is 0 Å². The number of nitrogens with zero attached hydrogens (tertiary/aromatic N) is 1. The summed E-state index contributed by atoms with van der Waals surface area (Å²) in [6, 6.07) is 4.18. The third-order valence-corrected chi connectivity index (χ3v) is 6.86. The van der Waals surface area contributed by atoms with Crippen molar-refractivity contribution < 1.29 is 22.4 Å². The van der Waals surface area contributed by atoms with Crippen LogP contribution in [-0.2, 0) is 20.7 Å². The standard InChI is InChI=1S/C27H42N2O5S/c1-7-8-9-11-21-17-24(30)26(23-16-20(4)12-13-22(23)19(2)3)25(18-21)34-27(28-5)29-14-10-15-33-35(6,31)32/h16-18,22-23,30H,2,7-15H2,1,3-6H3,(H,28,29)/t22-,23+/m0/s1. The smallest absolute Gasteiger partial charge is 0.289 e. The summed E-state index contributed by atoms with van der Waals surface area (Å²) in [7, 11) is -1.84. The summed E-state index contributed by atoms with van der Waals surface area (Å²) < 4.78 is 33.3. The Labute approximate surface area is 211 Å². The summed E-state index contributed by atoms with van der Waals surface area (Å²) in [4.78, 5) is 4.23. The molecule has 0 aliphatic heterocycles. The molecule has 196 valence electrons. The number of nitrogens with one attached hydrogen (secondary N) is 1. The van der Waals surface area contributed by atoms with E-state index < -0.39 is 10.1 Å². The molecule has 0 saturated heterocycles. The molecular formula is C27H42N2O5S. The lowest BCUT2D eigenvalue weighted by Gasteiger charge is -2.32. The van der Waals surface area contributed by atoms with Crippen molar-refractivity contribution >= 4 is 16.1 Å². The van der Waals surface area contributed by atoms with Gasteiger partial charge < -0.3 is 15.2 Å². The first-order valence-electron chi connectivity index (χ1n) is 12.5. The molecule has 0 heterocycles. The average molecular weight is 507 g/mol. The molecule has 1 aromatic carbocycles. The maximum atomic E-state index is 11.2. The highest BCUT2D eigenvalue weighted by Crippen LogP contribution is 2.47. The van der Waals surface area contributed by atoms with Crippen molar-refractivity contribution in [1.82, 2.24) is 5.32 Å². The molecule has 0 unspecified atom stereocenters. The van der Waals surface area contributed by atoms with Crippen LogP contribution in [-0.4, -0.2) is 46.0 Å². The van der Waals surface area contributed by atoms with Crippen molar-refractivity contribution in [2.24, 2.45) is 10.9 Å². The molecule has 8 heteroatoms. The molecule has 0 spiro atoms. The van der Waals surface area contributed by atoms with Crippen LogP contribution in [0.4, 0.5) is 0 Å². The number of phenolic OH excluding ortho intramolecular Hbond substituents is 1. The highest BCUT2D eigenvalue weighted by molar-refractivity contribution is 7.85. The normalized spacial score (nSPS) is 18.8. The fourth-order valence-corrected chi connectivity index (χ4v) is 4.88. The first kappa shape index (κ1) is 28.9. The van der Waals surface area contributed by atoms with Crippen LogP contribution in [0.1, 0.15) is 76.3 Å². The number of phenols is 1. The lowest BCUT2D eigenvalue weighted by Crippen LogP contribution is -2.31. The molecule has 0 aromatic heterocycles. The summed E-state index contributed by atoms with van der Waals surface area (Å²) in [5, 5.41) is 14.3. The summed E-state index contributed by atoms with van der Waals surface area (Å²) in [5.74, 6) is 0.982. The van der Waals surface area contributed by atoms with Gasteiger partial charge in [0.1, 0.15) is 11.5 Å². The molecule has 1 aliphatic rings. The monoisotopic (exact) mass is 506 g/mol. The topological polar surface area (TPSA) is 97.2 Å². The van der Waals surface area contributed by atoms with Crippen molar-refractivity contribution in [1.29, 1.82) is 0 Å². The van der Waals surface area contributed by atoms with Crippen LogP contribution in [0.5, 0.6) is 11.5 Å². The first-order chi connectivity index (χ1) is 16.6. The van der Waals surface area contributed by atoms with E-state index >= 15 is 0 Å². The molecule has 0 bridgehead atoms. The predicted molar refractivity (Wildman–Crippen MR) is 143 cm³/mol. The molecular weight excluding hydrogens is 464 g/mol.